The first-order chi connectivity index (χ1) is 7.62. The Kier molecular flexibility index (Phi) is 5.82. The summed E-state index contributed by atoms with van der Waals surface area (Å²) < 4.78 is 0. The van der Waals surface area contributed by atoms with Gasteiger partial charge < -0.3 is 5.73 Å². The molecule has 2 N–H and O–H groups in total. The topological polar surface area (TPSA) is 26.0 Å². The van der Waals surface area contributed by atoms with Gasteiger partial charge in [-0.05, 0) is 55.9 Å². The van der Waals surface area contributed by atoms with E-state index in [9.17, 15) is 0 Å². The molecule has 0 saturated heterocycles. The summed E-state index contributed by atoms with van der Waals surface area (Å²) in [6, 6.07) is 0. The van der Waals surface area contributed by atoms with Crippen molar-refractivity contribution in [3.05, 3.63) is 0 Å². The van der Waals surface area contributed by atoms with Gasteiger partial charge in [0.2, 0.25) is 0 Å². The first kappa shape index (κ1) is 14.0. The smallest absolute Gasteiger partial charge is 0.00204 e. The molecule has 1 fully saturated rings. The first-order valence-electron chi connectivity index (χ1n) is 7.32. The normalized spacial score (nSPS) is 30.9. The summed E-state index contributed by atoms with van der Waals surface area (Å²) in [5.74, 6) is 1.81. The van der Waals surface area contributed by atoms with Crippen LogP contribution in [0, 0.1) is 17.3 Å². The Balaban J connectivity index is 2.37. The molecule has 0 radical (unpaired) electrons. The Morgan fingerprint density at radius 3 is 2.31 bits per heavy atom. The van der Waals surface area contributed by atoms with Crippen molar-refractivity contribution in [2.75, 3.05) is 6.54 Å². The number of rotatable bonds is 6. The van der Waals surface area contributed by atoms with E-state index in [-0.39, 0.29) is 0 Å². The highest BCUT2D eigenvalue weighted by molar-refractivity contribution is 4.87. The lowest BCUT2D eigenvalue weighted by molar-refractivity contribution is 0.122. The van der Waals surface area contributed by atoms with Crippen molar-refractivity contribution in [1.82, 2.24) is 0 Å². The van der Waals surface area contributed by atoms with Crippen LogP contribution in [0.15, 0.2) is 0 Å². The van der Waals surface area contributed by atoms with E-state index in [4.69, 9.17) is 5.73 Å². The maximum Gasteiger partial charge on any atom is -0.00204 e. The molecule has 1 heteroatoms. The average Bonchev–Trinajstić information content (AvgIpc) is 2.27. The van der Waals surface area contributed by atoms with E-state index in [1.165, 1.54) is 51.4 Å². The molecule has 0 amide bonds. The van der Waals surface area contributed by atoms with E-state index < -0.39 is 0 Å². The van der Waals surface area contributed by atoms with E-state index in [1.54, 1.807) is 0 Å². The predicted molar refractivity (Wildman–Crippen MR) is 72.4 cm³/mol. The Labute approximate surface area is 102 Å². The van der Waals surface area contributed by atoms with Gasteiger partial charge in [-0.3, -0.25) is 0 Å². The Morgan fingerprint density at radius 1 is 1.25 bits per heavy atom. The van der Waals surface area contributed by atoms with Gasteiger partial charge in [0.15, 0.2) is 0 Å². The zero-order valence-electron chi connectivity index (χ0n) is 11.6. The average molecular weight is 225 g/mol. The van der Waals surface area contributed by atoms with Gasteiger partial charge in [0.05, 0.1) is 0 Å². The molecule has 0 aliphatic heterocycles. The van der Waals surface area contributed by atoms with Crippen LogP contribution in [0.2, 0.25) is 0 Å². The largest absolute Gasteiger partial charge is 0.330 e. The van der Waals surface area contributed by atoms with Gasteiger partial charge in [0.25, 0.3) is 0 Å². The van der Waals surface area contributed by atoms with Crippen molar-refractivity contribution in [3.63, 3.8) is 0 Å². The van der Waals surface area contributed by atoms with Crippen molar-refractivity contribution in [2.24, 2.45) is 23.0 Å². The van der Waals surface area contributed by atoms with Crippen molar-refractivity contribution in [2.45, 2.75) is 72.1 Å². The molecule has 1 rings (SSSR count). The lowest BCUT2D eigenvalue weighted by Crippen LogP contribution is -2.36. The zero-order chi connectivity index (χ0) is 12.0. The van der Waals surface area contributed by atoms with Gasteiger partial charge in [-0.25, -0.2) is 0 Å². The molecule has 1 aliphatic carbocycles. The summed E-state index contributed by atoms with van der Waals surface area (Å²) in [7, 11) is 0. The van der Waals surface area contributed by atoms with Gasteiger partial charge in [0, 0.05) is 0 Å². The number of unbranched alkanes of at least 4 members (excludes halogenated alkanes) is 1. The van der Waals surface area contributed by atoms with E-state index >= 15 is 0 Å². The fourth-order valence-electron chi connectivity index (χ4n) is 3.43. The molecule has 0 aromatic rings. The summed E-state index contributed by atoms with van der Waals surface area (Å²) in [6.45, 7) is 7.87. The number of hydrogen-bond donors (Lipinski definition) is 1. The lowest BCUT2D eigenvalue weighted by Gasteiger charge is -2.40. The van der Waals surface area contributed by atoms with Crippen LogP contribution in [0.25, 0.3) is 0 Å². The van der Waals surface area contributed by atoms with Crippen LogP contribution < -0.4 is 5.73 Å². The van der Waals surface area contributed by atoms with E-state index in [1.807, 2.05) is 0 Å². The second kappa shape index (κ2) is 6.64. The molecule has 0 aromatic carbocycles. The van der Waals surface area contributed by atoms with Crippen molar-refractivity contribution < 1.29 is 0 Å². The second-order valence-electron chi connectivity index (χ2n) is 6.39. The molecule has 0 atom stereocenters. The van der Waals surface area contributed by atoms with Crippen molar-refractivity contribution in [3.8, 4) is 0 Å². The molecule has 1 nitrogen and oxygen atoms in total. The minimum absolute atomic E-state index is 0.497. The van der Waals surface area contributed by atoms with Crippen LogP contribution in [0.4, 0.5) is 0 Å². The molecular weight excluding hydrogens is 194 g/mol. The molecule has 1 aliphatic rings. The van der Waals surface area contributed by atoms with Crippen LogP contribution in [0.5, 0.6) is 0 Å². The highest BCUT2D eigenvalue weighted by Crippen LogP contribution is 2.43. The summed E-state index contributed by atoms with van der Waals surface area (Å²) in [4.78, 5) is 0. The van der Waals surface area contributed by atoms with Crippen LogP contribution in [0.1, 0.15) is 72.1 Å². The molecular formula is C15H31N. The van der Waals surface area contributed by atoms with E-state index in [0.29, 0.717) is 5.41 Å². The summed E-state index contributed by atoms with van der Waals surface area (Å²) in [5, 5.41) is 0. The monoisotopic (exact) mass is 225 g/mol. The van der Waals surface area contributed by atoms with E-state index in [0.717, 1.165) is 18.4 Å². The SMILES string of the molecule is CCCCC1CCC(CN)(CC(C)C)CC1. The highest BCUT2D eigenvalue weighted by Gasteiger charge is 2.34. The Morgan fingerprint density at radius 2 is 1.88 bits per heavy atom. The highest BCUT2D eigenvalue weighted by atomic mass is 14.6. The van der Waals surface area contributed by atoms with E-state index in [2.05, 4.69) is 20.8 Å². The van der Waals surface area contributed by atoms with Crippen molar-refractivity contribution >= 4 is 0 Å². The second-order valence-corrected chi connectivity index (χ2v) is 6.39. The quantitative estimate of drug-likeness (QED) is 0.714. The summed E-state index contributed by atoms with van der Waals surface area (Å²) in [6.07, 6.45) is 11.2. The summed E-state index contributed by atoms with van der Waals surface area (Å²) >= 11 is 0. The Bertz CT molecular complexity index is 178. The zero-order valence-corrected chi connectivity index (χ0v) is 11.6. The van der Waals surface area contributed by atoms with Crippen LogP contribution in [-0.4, -0.2) is 6.54 Å². The van der Waals surface area contributed by atoms with Gasteiger partial charge in [-0.15, -0.1) is 0 Å². The first-order valence-corrected chi connectivity index (χ1v) is 7.32. The van der Waals surface area contributed by atoms with Crippen molar-refractivity contribution in [1.29, 1.82) is 0 Å². The number of hydrogen-bond acceptors (Lipinski definition) is 1. The fraction of sp³-hybridized carbons (Fsp3) is 1.00. The third-order valence-electron chi connectivity index (χ3n) is 4.41. The third kappa shape index (κ3) is 4.08. The fourth-order valence-corrected chi connectivity index (χ4v) is 3.43. The molecule has 0 bridgehead atoms. The third-order valence-corrected chi connectivity index (χ3v) is 4.41. The molecule has 0 heterocycles. The van der Waals surface area contributed by atoms with Gasteiger partial charge in [-0.2, -0.15) is 0 Å². The van der Waals surface area contributed by atoms with Gasteiger partial charge >= 0.3 is 0 Å². The van der Waals surface area contributed by atoms with Crippen LogP contribution in [-0.2, 0) is 0 Å². The lowest BCUT2D eigenvalue weighted by atomic mass is 9.66. The maximum absolute atomic E-state index is 6.03. The minimum Gasteiger partial charge on any atom is -0.330 e. The molecule has 0 spiro atoms. The maximum atomic E-state index is 6.03. The van der Waals surface area contributed by atoms with Gasteiger partial charge in [-0.1, -0.05) is 40.0 Å². The molecule has 0 aromatic heterocycles. The summed E-state index contributed by atoms with van der Waals surface area (Å²) in [5.41, 5.74) is 6.53. The minimum atomic E-state index is 0.497. The van der Waals surface area contributed by atoms with Crippen LogP contribution in [0.3, 0.4) is 0 Å². The molecule has 1 saturated carbocycles. The Hall–Kier alpha value is -0.0400. The molecule has 96 valence electrons. The molecule has 16 heavy (non-hydrogen) atoms. The van der Waals surface area contributed by atoms with Crippen LogP contribution >= 0.6 is 0 Å². The standard InChI is InChI=1S/C15H31N/c1-4-5-6-14-7-9-15(12-16,10-8-14)11-13(2)3/h13-14H,4-12,16H2,1-3H3. The number of nitrogens with two attached hydrogens (primary N) is 1. The predicted octanol–water partition coefficient (Wildman–Crippen LogP) is 4.36. The molecule has 0 unspecified atom stereocenters. The van der Waals surface area contributed by atoms with Gasteiger partial charge in [0.1, 0.15) is 0 Å².